The summed E-state index contributed by atoms with van der Waals surface area (Å²) in [5.74, 6) is 1.11. The van der Waals surface area contributed by atoms with E-state index in [0.717, 1.165) is 36.5 Å². The van der Waals surface area contributed by atoms with Gasteiger partial charge in [-0.25, -0.2) is 9.97 Å². The van der Waals surface area contributed by atoms with Crippen LogP contribution >= 0.6 is 11.3 Å². The highest BCUT2D eigenvalue weighted by Crippen LogP contribution is 2.22. The molecule has 0 spiro atoms. The van der Waals surface area contributed by atoms with Gasteiger partial charge in [0.2, 0.25) is 5.91 Å². The first-order valence-corrected chi connectivity index (χ1v) is 8.43. The minimum absolute atomic E-state index is 0.0135. The Bertz CT molecular complexity index is 610. The molecule has 3 rings (SSSR count). The van der Waals surface area contributed by atoms with Gasteiger partial charge in [-0.1, -0.05) is 0 Å². The molecule has 116 valence electrons. The van der Waals surface area contributed by atoms with Crippen molar-refractivity contribution in [1.29, 1.82) is 0 Å². The van der Waals surface area contributed by atoms with Gasteiger partial charge in [-0.05, 0) is 41.3 Å². The molecule has 2 aromatic heterocycles. The van der Waals surface area contributed by atoms with Crippen LogP contribution in [0.2, 0.25) is 0 Å². The molecule has 0 saturated carbocycles. The van der Waals surface area contributed by atoms with Gasteiger partial charge in [0, 0.05) is 18.7 Å². The van der Waals surface area contributed by atoms with Crippen molar-refractivity contribution in [2.75, 3.05) is 13.2 Å². The summed E-state index contributed by atoms with van der Waals surface area (Å²) in [5, 5.41) is 6.88. The molecule has 22 heavy (non-hydrogen) atoms. The second kappa shape index (κ2) is 7.47. The van der Waals surface area contributed by atoms with E-state index in [4.69, 9.17) is 4.74 Å². The lowest BCUT2D eigenvalue weighted by atomic mass is 10.0. The van der Waals surface area contributed by atoms with Crippen LogP contribution < -0.4 is 5.32 Å². The van der Waals surface area contributed by atoms with E-state index in [0.29, 0.717) is 19.6 Å². The zero-order valence-electron chi connectivity index (χ0n) is 12.3. The number of nitrogens with one attached hydrogen (secondary N) is 1. The van der Waals surface area contributed by atoms with E-state index in [1.165, 1.54) is 0 Å². The Kier molecular flexibility index (Phi) is 5.13. The van der Waals surface area contributed by atoms with Crippen LogP contribution in [0.15, 0.2) is 29.1 Å². The molecule has 0 aromatic carbocycles. The van der Waals surface area contributed by atoms with Gasteiger partial charge in [0.15, 0.2) is 0 Å². The maximum absolute atomic E-state index is 11.9. The molecule has 0 aliphatic carbocycles. The van der Waals surface area contributed by atoms with Crippen LogP contribution in [0.1, 0.15) is 35.8 Å². The molecule has 0 unspecified atom stereocenters. The lowest BCUT2D eigenvalue weighted by molar-refractivity contribution is -0.120. The Morgan fingerprint density at radius 3 is 3.18 bits per heavy atom. The number of carbonyl (C=O) groups excluding carboxylic acids is 1. The maximum atomic E-state index is 11.9. The average Bonchev–Trinajstić information content (AvgIpc) is 3.07. The summed E-state index contributed by atoms with van der Waals surface area (Å²) in [5.41, 5.74) is 1.89. The number of nitrogens with zero attached hydrogens (tertiary/aromatic N) is 2. The molecule has 1 saturated heterocycles. The maximum Gasteiger partial charge on any atom is 0.224 e. The van der Waals surface area contributed by atoms with Crippen molar-refractivity contribution >= 4 is 17.2 Å². The largest absolute Gasteiger partial charge is 0.381 e. The summed E-state index contributed by atoms with van der Waals surface area (Å²) >= 11 is 1.60. The van der Waals surface area contributed by atoms with Gasteiger partial charge in [0.05, 0.1) is 25.3 Å². The fourth-order valence-corrected chi connectivity index (χ4v) is 3.15. The van der Waals surface area contributed by atoms with E-state index in [9.17, 15) is 4.79 Å². The van der Waals surface area contributed by atoms with Crippen molar-refractivity contribution in [2.24, 2.45) is 0 Å². The molecule has 6 heteroatoms. The summed E-state index contributed by atoms with van der Waals surface area (Å²) in [6, 6.07) is 3.81. The summed E-state index contributed by atoms with van der Waals surface area (Å²) in [6.45, 7) is 1.95. The summed E-state index contributed by atoms with van der Waals surface area (Å²) in [6.07, 6.45) is 4.29. The molecule has 1 aliphatic rings. The molecule has 1 fully saturated rings. The standard InChI is InChI=1S/C16H19N3O2S/c20-15(8-12-4-7-22-11-12)18-9-14-3-5-17-16(19-14)13-2-1-6-21-10-13/h3-5,7,11,13H,1-2,6,8-10H2,(H,18,20)/t13-/m0/s1. The van der Waals surface area contributed by atoms with Crippen LogP contribution in [-0.4, -0.2) is 29.1 Å². The molecule has 1 N–H and O–H groups in total. The molecule has 3 heterocycles. The van der Waals surface area contributed by atoms with Crippen molar-refractivity contribution in [2.45, 2.75) is 31.7 Å². The fraction of sp³-hybridized carbons (Fsp3) is 0.438. The van der Waals surface area contributed by atoms with Crippen molar-refractivity contribution in [1.82, 2.24) is 15.3 Å². The Morgan fingerprint density at radius 2 is 2.41 bits per heavy atom. The first-order chi connectivity index (χ1) is 10.8. The number of thiophene rings is 1. The predicted molar refractivity (Wildman–Crippen MR) is 84.7 cm³/mol. The van der Waals surface area contributed by atoms with E-state index >= 15 is 0 Å². The van der Waals surface area contributed by atoms with Crippen molar-refractivity contribution in [3.8, 4) is 0 Å². The van der Waals surface area contributed by atoms with Crippen molar-refractivity contribution < 1.29 is 9.53 Å². The van der Waals surface area contributed by atoms with Gasteiger partial charge < -0.3 is 10.1 Å². The van der Waals surface area contributed by atoms with Crippen LogP contribution in [0.25, 0.3) is 0 Å². The van der Waals surface area contributed by atoms with Crippen molar-refractivity contribution in [3.05, 3.63) is 46.2 Å². The summed E-state index contributed by atoms with van der Waals surface area (Å²) < 4.78 is 5.48. The SMILES string of the molecule is O=C(Cc1ccsc1)NCc1ccnc([C@H]2CCCOC2)n1. The third-order valence-corrected chi connectivity index (χ3v) is 4.40. The highest BCUT2D eigenvalue weighted by Gasteiger charge is 2.18. The lowest BCUT2D eigenvalue weighted by Crippen LogP contribution is -2.25. The fourth-order valence-electron chi connectivity index (χ4n) is 2.48. The van der Waals surface area contributed by atoms with Crippen LogP contribution in [0.3, 0.4) is 0 Å². The van der Waals surface area contributed by atoms with E-state index < -0.39 is 0 Å². The Morgan fingerprint density at radius 1 is 1.45 bits per heavy atom. The van der Waals surface area contributed by atoms with Gasteiger partial charge in [-0.15, -0.1) is 0 Å². The van der Waals surface area contributed by atoms with Gasteiger partial charge in [0.25, 0.3) is 0 Å². The minimum Gasteiger partial charge on any atom is -0.381 e. The van der Waals surface area contributed by atoms with Gasteiger partial charge >= 0.3 is 0 Å². The number of ether oxygens (including phenoxy) is 1. The molecule has 1 aliphatic heterocycles. The number of rotatable bonds is 5. The number of hydrogen-bond donors (Lipinski definition) is 1. The molecule has 5 nitrogen and oxygen atoms in total. The smallest absolute Gasteiger partial charge is 0.224 e. The molecule has 2 aromatic rings. The van der Waals surface area contributed by atoms with E-state index in [-0.39, 0.29) is 11.8 Å². The van der Waals surface area contributed by atoms with Crippen LogP contribution in [-0.2, 0) is 22.5 Å². The predicted octanol–water partition coefficient (Wildman–Crippen LogP) is 2.29. The number of aromatic nitrogens is 2. The quantitative estimate of drug-likeness (QED) is 0.919. The number of carbonyl (C=O) groups is 1. The topological polar surface area (TPSA) is 64.1 Å². The molecular weight excluding hydrogens is 298 g/mol. The molecule has 1 amide bonds. The van der Waals surface area contributed by atoms with Gasteiger partial charge in [0.1, 0.15) is 5.82 Å². The second-order valence-electron chi connectivity index (χ2n) is 5.41. The highest BCUT2D eigenvalue weighted by molar-refractivity contribution is 7.07. The lowest BCUT2D eigenvalue weighted by Gasteiger charge is -2.20. The van der Waals surface area contributed by atoms with E-state index in [1.807, 2.05) is 22.9 Å². The summed E-state index contributed by atoms with van der Waals surface area (Å²) in [4.78, 5) is 20.8. The molecular formula is C16H19N3O2S. The third kappa shape index (κ3) is 4.11. The van der Waals surface area contributed by atoms with Crippen LogP contribution in [0.4, 0.5) is 0 Å². The minimum atomic E-state index is 0.0135. The summed E-state index contributed by atoms with van der Waals surface area (Å²) in [7, 11) is 0. The highest BCUT2D eigenvalue weighted by atomic mass is 32.1. The van der Waals surface area contributed by atoms with E-state index in [2.05, 4.69) is 15.3 Å². The first-order valence-electron chi connectivity index (χ1n) is 7.48. The monoisotopic (exact) mass is 317 g/mol. The Hall–Kier alpha value is -1.79. The normalized spacial score (nSPS) is 18.1. The second-order valence-corrected chi connectivity index (χ2v) is 6.19. The average molecular weight is 317 g/mol. The first kappa shape index (κ1) is 15.1. The van der Waals surface area contributed by atoms with Crippen LogP contribution in [0, 0.1) is 0 Å². The third-order valence-electron chi connectivity index (χ3n) is 3.67. The Balaban J connectivity index is 1.54. The Labute approximate surface area is 133 Å². The number of amides is 1. The van der Waals surface area contributed by atoms with Gasteiger partial charge in [-0.3, -0.25) is 4.79 Å². The molecule has 0 radical (unpaired) electrons. The number of hydrogen-bond acceptors (Lipinski definition) is 5. The zero-order chi connectivity index (χ0) is 15.2. The zero-order valence-corrected chi connectivity index (χ0v) is 13.1. The van der Waals surface area contributed by atoms with Crippen molar-refractivity contribution in [3.63, 3.8) is 0 Å². The van der Waals surface area contributed by atoms with E-state index in [1.54, 1.807) is 17.5 Å². The molecule has 0 bridgehead atoms. The van der Waals surface area contributed by atoms with Gasteiger partial charge in [-0.2, -0.15) is 11.3 Å². The molecule has 1 atom stereocenters. The van der Waals surface area contributed by atoms with Crippen LogP contribution in [0.5, 0.6) is 0 Å².